The minimum Gasteiger partial charge on any atom is -0.478 e. The normalized spacial score (nSPS) is 10.3. The van der Waals surface area contributed by atoms with Gasteiger partial charge in [-0.2, -0.15) is 0 Å². The van der Waals surface area contributed by atoms with Crippen molar-refractivity contribution >= 4 is 23.3 Å². The summed E-state index contributed by atoms with van der Waals surface area (Å²) in [5.74, 6) is -0.991. The van der Waals surface area contributed by atoms with E-state index < -0.39 is 5.97 Å². The summed E-state index contributed by atoms with van der Waals surface area (Å²) in [5.41, 5.74) is 1.11. The molecule has 0 saturated carbocycles. The molecule has 1 aromatic rings. The highest BCUT2D eigenvalue weighted by Crippen LogP contribution is 2.23. The number of halogens is 1. The Bertz CT molecular complexity index is 393. The second-order valence-corrected chi connectivity index (χ2v) is 4.51. The summed E-state index contributed by atoms with van der Waals surface area (Å²) in [4.78, 5) is 12.9. The van der Waals surface area contributed by atoms with E-state index in [9.17, 15) is 4.79 Å². The highest BCUT2D eigenvalue weighted by Gasteiger charge is 2.10. The Morgan fingerprint density at radius 3 is 2.65 bits per heavy atom. The summed E-state index contributed by atoms with van der Waals surface area (Å²) >= 11 is 5.92. The van der Waals surface area contributed by atoms with E-state index in [1.165, 1.54) is 12.8 Å². The van der Waals surface area contributed by atoms with E-state index in [-0.39, 0.29) is 10.6 Å². The van der Waals surface area contributed by atoms with Crippen molar-refractivity contribution in [2.24, 2.45) is 0 Å². The maximum absolute atomic E-state index is 10.8. The van der Waals surface area contributed by atoms with Crippen LogP contribution in [0.5, 0.6) is 0 Å². The summed E-state index contributed by atoms with van der Waals surface area (Å²) in [6.45, 7) is 3.12. The van der Waals surface area contributed by atoms with Gasteiger partial charge in [0.05, 0.1) is 10.6 Å². The first-order valence-corrected chi connectivity index (χ1v) is 6.18. The first-order chi connectivity index (χ1) is 8.06. The van der Waals surface area contributed by atoms with Gasteiger partial charge in [0.25, 0.3) is 0 Å². The minimum atomic E-state index is -0.991. The number of hydrogen-bond acceptors (Lipinski definition) is 2. The number of anilines is 1. The van der Waals surface area contributed by atoms with Gasteiger partial charge in [0.2, 0.25) is 0 Å². The van der Waals surface area contributed by atoms with Crippen molar-refractivity contribution in [3.05, 3.63) is 28.8 Å². The lowest BCUT2D eigenvalue weighted by atomic mass is 10.2. The molecule has 0 fully saturated rings. The monoisotopic (exact) mass is 255 g/mol. The number of carboxylic acids is 1. The van der Waals surface area contributed by atoms with E-state index in [2.05, 4.69) is 11.8 Å². The number of benzene rings is 1. The largest absolute Gasteiger partial charge is 0.478 e. The second kappa shape index (κ2) is 6.50. The molecule has 1 N–H and O–H groups in total. The average molecular weight is 256 g/mol. The van der Waals surface area contributed by atoms with E-state index in [1.807, 2.05) is 7.05 Å². The standard InChI is InChI=1S/C13H18ClNO2/c1-3-4-5-8-15(2)10-6-7-11(13(16)17)12(14)9-10/h6-7,9H,3-5,8H2,1-2H3,(H,16,17). The molecule has 0 spiro atoms. The fraction of sp³-hybridized carbons (Fsp3) is 0.462. The lowest BCUT2D eigenvalue weighted by Crippen LogP contribution is -2.18. The van der Waals surface area contributed by atoms with Crippen LogP contribution in [0.25, 0.3) is 0 Å². The van der Waals surface area contributed by atoms with Gasteiger partial charge in [-0.1, -0.05) is 31.4 Å². The molecule has 0 saturated heterocycles. The van der Waals surface area contributed by atoms with Gasteiger partial charge < -0.3 is 10.0 Å². The fourth-order valence-corrected chi connectivity index (χ4v) is 1.90. The zero-order valence-electron chi connectivity index (χ0n) is 10.2. The molecule has 0 amide bonds. The highest BCUT2D eigenvalue weighted by atomic mass is 35.5. The molecule has 94 valence electrons. The number of nitrogens with zero attached hydrogens (tertiary/aromatic N) is 1. The average Bonchev–Trinajstić information content (AvgIpc) is 2.28. The molecule has 0 heterocycles. The first-order valence-electron chi connectivity index (χ1n) is 5.80. The van der Waals surface area contributed by atoms with Gasteiger partial charge in [-0.3, -0.25) is 0 Å². The number of carbonyl (C=O) groups is 1. The van der Waals surface area contributed by atoms with Crippen LogP contribution < -0.4 is 4.90 Å². The molecule has 0 unspecified atom stereocenters. The molecule has 0 aliphatic heterocycles. The van der Waals surface area contributed by atoms with E-state index in [1.54, 1.807) is 18.2 Å². The molecule has 1 aromatic carbocycles. The van der Waals surface area contributed by atoms with Crippen molar-refractivity contribution < 1.29 is 9.90 Å². The molecule has 0 aliphatic rings. The van der Waals surface area contributed by atoms with Crippen molar-refractivity contribution in [1.29, 1.82) is 0 Å². The third kappa shape index (κ3) is 3.93. The van der Waals surface area contributed by atoms with Crippen LogP contribution in [0.2, 0.25) is 5.02 Å². The zero-order valence-corrected chi connectivity index (χ0v) is 11.0. The molecule has 0 bridgehead atoms. The van der Waals surface area contributed by atoms with Gasteiger partial charge in [-0.15, -0.1) is 0 Å². The fourth-order valence-electron chi connectivity index (χ4n) is 1.64. The molecule has 1 rings (SSSR count). The molecule has 3 nitrogen and oxygen atoms in total. The molecule has 17 heavy (non-hydrogen) atoms. The summed E-state index contributed by atoms with van der Waals surface area (Å²) in [6.07, 6.45) is 3.52. The van der Waals surface area contributed by atoms with E-state index in [0.29, 0.717) is 0 Å². The van der Waals surface area contributed by atoms with Gasteiger partial charge in [0, 0.05) is 19.3 Å². The quantitative estimate of drug-likeness (QED) is 0.789. The molecule has 4 heteroatoms. The Labute approximate surface area is 107 Å². The predicted octanol–water partition coefficient (Wildman–Crippen LogP) is 3.66. The molecular weight excluding hydrogens is 238 g/mol. The molecular formula is C13H18ClNO2. The number of unbranched alkanes of at least 4 members (excludes halogenated alkanes) is 2. The van der Waals surface area contributed by atoms with Crippen LogP contribution >= 0.6 is 11.6 Å². The maximum Gasteiger partial charge on any atom is 0.337 e. The van der Waals surface area contributed by atoms with Gasteiger partial charge in [-0.25, -0.2) is 4.79 Å². The molecule has 0 aliphatic carbocycles. The Balaban J connectivity index is 2.72. The van der Waals surface area contributed by atoms with Crippen LogP contribution in [0.3, 0.4) is 0 Å². The number of aromatic carboxylic acids is 1. The van der Waals surface area contributed by atoms with Gasteiger partial charge in [0.15, 0.2) is 0 Å². The number of hydrogen-bond donors (Lipinski definition) is 1. The van der Waals surface area contributed by atoms with Crippen molar-refractivity contribution in [3.63, 3.8) is 0 Å². The Kier molecular flexibility index (Phi) is 5.29. The van der Waals surface area contributed by atoms with Gasteiger partial charge in [-0.05, 0) is 24.6 Å². The van der Waals surface area contributed by atoms with Crippen LogP contribution in [-0.4, -0.2) is 24.7 Å². The number of rotatable bonds is 6. The minimum absolute atomic E-state index is 0.150. The lowest BCUT2D eigenvalue weighted by molar-refractivity contribution is 0.0697. The van der Waals surface area contributed by atoms with Crippen LogP contribution in [-0.2, 0) is 0 Å². The number of carboxylic acid groups (broad SMARTS) is 1. The van der Waals surface area contributed by atoms with Crippen LogP contribution in [0, 0.1) is 0 Å². The van der Waals surface area contributed by atoms with Crippen molar-refractivity contribution in [1.82, 2.24) is 0 Å². The van der Waals surface area contributed by atoms with E-state index in [0.717, 1.165) is 18.7 Å². The smallest absolute Gasteiger partial charge is 0.337 e. The van der Waals surface area contributed by atoms with Gasteiger partial charge >= 0.3 is 5.97 Å². The first kappa shape index (κ1) is 13.8. The lowest BCUT2D eigenvalue weighted by Gasteiger charge is -2.19. The topological polar surface area (TPSA) is 40.5 Å². The zero-order chi connectivity index (χ0) is 12.8. The highest BCUT2D eigenvalue weighted by molar-refractivity contribution is 6.33. The SMILES string of the molecule is CCCCCN(C)c1ccc(C(=O)O)c(Cl)c1. The molecule has 0 aromatic heterocycles. The van der Waals surface area contributed by atoms with Crippen molar-refractivity contribution in [2.45, 2.75) is 26.2 Å². The Morgan fingerprint density at radius 1 is 1.41 bits per heavy atom. The van der Waals surface area contributed by atoms with Crippen LogP contribution in [0.1, 0.15) is 36.5 Å². The third-order valence-electron chi connectivity index (χ3n) is 2.72. The molecule has 0 radical (unpaired) electrons. The maximum atomic E-state index is 10.8. The van der Waals surface area contributed by atoms with Gasteiger partial charge in [0.1, 0.15) is 0 Å². The van der Waals surface area contributed by atoms with Crippen LogP contribution in [0.4, 0.5) is 5.69 Å². The predicted molar refractivity (Wildman–Crippen MR) is 71.2 cm³/mol. The molecule has 0 atom stereocenters. The third-order valence-corrected chi connectivity index (χ3v) is 3.03. The Hall–Kier alpha value is -1.22. The summed E-state index contributed by atoms with van der Waals surface area (Å²) in [7, 11) is 1.99. The summed E-state index contributed by atoms with van der Waals surface area (Å²) in [6, 6.07) is 5.05. The second-order valence-electron chi connectivity index (χ2n) is 4.10. The van der Waals surface area contributed by atoms with Crippen molar-refractivity contribution in [3.8, 4) is 0 Å². The van der Waals surface area contributed by atoms with E-state index in [4.69, 9.17) is 16.7 Å². The Morgan fingerprint density at radius 2 is 2.12 bits per heavy atom. The summed E-state index contributed by atoms with van der Waals surface area (Å²) in [5, 5.41) is 9.16. The summed E-state index contributed by atoms with van der Waals surface area (Å²) < 4.78 is 0. The van der Waals surface area contributed by atoms with Crippen molar-refractivity contribution in [2.75, 3.05) is 18.5 Å². The van der Waals surface area contributed by atoms with Crippen LogP contribution in [0.15, 0.2) is 18.2 Å². The van der Waals surface area contributed by atoms with E-state index >= 15 is 0 Å².